The third-order valence-corrected chi connectivity index (χ3v) is 2.84. The molecule has 0 saturated carbocycles. The highest BCUT2D eigenvalue weighted by molar-refractivity contribution is 5.86. The van der Waals surface area contributed by atoms with Gasteiger partial charge < -0.3 is 14.6 Å². The third kappa shape index (κ3) is 4.63. The second-order valence-electron chi connectivity index (χ2n) is 4.45. The lowest BCUT2D eigenvalue weighted by molar-refractivity contribution is -0.131. The van der Waals surface area contributed by atoms with Crippen LogP contribution in [0.25, 0.3) is 6.08 Å². The van der Waals surface area contributed by atoms with Crippen LogP contribution >= 0.6 is 0 Å². The molecule has 5 heteroatoms. The molecule has 22 heavy (non-hydrogen) atoms. The molecule has 0 amide bonds. The molecule has 1 aromatic carbocycles. The van der Waals surface area contributed by atoms with Crippen LogP contribution in [-0.4, -0.2) is 22.7 Å². The molecule has 0 aliphatic heterocycles. The van der Waals surface area contributed by atoms with Gasteiger partial charge in [0.25, 0.3) is 0 Å². The summed E-state index contributed by atoms with van der Waals surface area (Å²) in [4.78, 5) is 14.7. The third-order valence-electron chi connectivity index (χ3n) is 2.84. The van der Waals surface area contributed by atoms with Crippen molar-refractivity contribution in [3.8, 4) is 11.5 Å². The number of carboxylic acids is 1. The van der Waals surface area contributed by atoms with Gasteiger partial charge in [0, 0.05) is 24.0 Å². The molecule has 0 spiro atoms. The number of pyridine rings is 1. The number of hydrogen-bond acceptors (Lipinski definition) is 4. The molecular formula is C17H17NO4. The molecule has 0 saturated heterocycles. The highest BCUT2D eigenvalue weighted by Gasteiger charge is 2.05. The van der Waals surface area contributed by atoms with E-state index in [0.29, 0.717) is 30.3 Å². The van der Waals surface area contributed by atoms with Crippen molar-refractivity contribution in [3.63, 3.8) is 0 Å². The predicted molar refractivity (Wildman–Crippen MR) is 82.8 cm³/mol. The normalized spacial score (nSPS) is 10.6. The number of nitrogens with zero attached hydrogens (tertiary/aromatic N) is 1. The van der Waals surface area contributed by atoms with E-state index in [0.717, 1.165) is 11.6 Å². The summed E-state index contributed by atoms with van der Waals surface area (Å²) >= 11 is 0. The van der Waals surface area contributed by atoms with E-state index >= 15 is 0 Å². The number of carbonyl (C=O) groups is 1. The molecule has 0 aliphatic rings. The Hall–Kier alpha value is -2.82. The van der Waals surface area contributed by atoms with Crippen molar-refractivity contribution in [2.75, 3.05) is 6.61 Å². The molecule has 1 heterocycles. The Morgan fingerprint density at radius 3 is 2.68 bits per heavy atom. The van der Waals surface area contributed by atoms with Gasteiger partial charge in [-0.1, -0.05) is 0 Å². The number of ether oxygens (including phenoxy) is 2. The van der Waals surface area contributed by atoms with Crippen LogP contribution < -0.4 is 9.47 Å². The Labute approximate surface area is 128 Å². The topological polar surface area (TPSA) is 68.7 Å². The van der Waals surface area contributed by atoms with Crippen LogP contribution in [0, 0.1) is 0 Å². The zero-order valence-corrected chi connectivity index (χ0v) is 12.2. The molecule has 0 unspecified atom stereocenters. The monoisotopic (exact) mass is 299 g/mol. The summed E-state index contributed by atoms with van der Waals surface area (Å²) in [6.45, 7) is 2.81. The lowest BCUT2D eigenvalue weighted by atomic mass is 10.1. The van der Waals surface area contributed by atoms with Gasteiger partial charge in [-0.2, -0.15) is 0 Å². The van der Waals surface area contributed by atoms with E-state index < -0.39 is 5.97 Å². The minimum absolute atomic E-state index is 0.379. The minimum Gasteiger partial charge on any atom is -0.494 e. The summed E-state index contributed by atoms with van der Waals surface area (Å²) in [6, 6.07) is 9.05. The van der Waals surface area contributed by atoms with Gasteiger partial charge in [0.2, 0.25) is 0 Å². The average molecular weight is 299 g/mol. The number of hydrogen-bond donors (Lipinski definition) is 1. The molecule has 0 radical (unpaired) electrons. The summed E-state index contributed by atoms with van der Waals surface area (Å²) in [6.07, 6.45) is 5.96. The van der Waals surface area contributed by atoms with Crippen molar-refractivity contribution in [2.45, 2.75) is 13.5 Å². The van der Waals surface area contributed by atoms with Crippen LogP contribution in [0.1, 0.15) is 18.1 Å². The Kier molecular flexibility index (Phi) is 5.54. The maximum Gasteiger partial charge on any atom is 0.328 e. The standard InChI is InChI=1S/C17H17NO4/c1-2-21-15-4-5-16(14(11-15)3-6-17(19)20)22-12-13-7-9-18-10-8-13/h3-11H,2,12H2,1H3,(H,19,20). The molecule has 5 nitrogen and oxygen atoms in total. The SMILES string of the molecule is CCOc1ccc(OCc2ccncc2)c(C=CC(=O)O)c1. The predicted octanol–water partition coefficient (Wildman–Crippen LogP) is 3.16. The summed E-state index contributed by atoms with van der Waals surface area (Å²) < 4.78 is 11.2. The van der Waals surface area contributed by atoms with Gasteiger partial charge in [-0.3, -0.25) is 4.98 Å². The molecule has 114 valence electrons. The van der Waals surface area contributed by atoms with Gasteiger partial charge in [0.1, 0.15) is 18.1 Å². The maximum atomic E-state index is 10.7. The summed E-state index contributed by atoms with van der Waals surface area (Å²) in [5.41, 5.74) is 1.64. The van der Waals surface area contributed by atoms with E-state index in [9.17, 15) is 4.79 Å². The van der Waals surface area contributed by atoms with Crippen LogP contribution in [0.3, 0.4) is 0 Å². The molecule has 2 aromatic rings. The van der Waals surface area contributed by atoms with Crippen molar-refractivity contribution in [3.05, 3.63) is 59.9 Å². The Balaban J connectivity index is 2.19. The van der Waals surface area contributed by atoms with Crippen LogP contribution in [0.15, 0.2) is 48.8 Å². The quantitative estimate of drug-likeness (QED) is 0.795. The van der Waals surface area contributed by atoms with Gasteiger partial charge in [-0.25, -0.2) is 4.79 Å². The van der Waals surface area contributed by atoms with Gasteiger partial charge in [0.05, 0.1) is 6.61 Å². The van der Waals surface area contributed by atoms with E-state index in [1.54, 1.807) is 30.6 Å². The molecule has 1 aromatic heterocycles. The summed E-state index contributed by atoms with van der Waals surface area (Å²) in [7, 11) is 0. The van der Waals surface area contributed by atoms with E-state index in [-0.39, 0.29) is 0 Å². The Morgan fingerprint density at radius 2 is 2.00 bits per heavy atom. The average Bonchev–Trinajstić information content (AvgIpc) is 2.53. The van der Waals surface area contributed by atoms with Gasteiger partial charge >= 0.3 is 5.97 Å². The van der Waals surface area contributed by atoms with Crippen molar-refractivity contribution >= 4 is 12.0 Å². The first-order valence-electron chi connectivity index (χ1n) is 6.88. The van der Waals surface area contributed by atoms with Crippen molar-refractivity contribution in [1.29, 1.82) is 0 Å². The second kappa shape index (κ2) is 7.83. The minimum atomic E-state index is -1.01. The van der Waals surface area contributed by atoms with Crippen molar-refractivity contribution in [2.24, 2.45) is 0 Å². The number of aliphatic carboxylic acids is 1. The first-order chi connectivity index (χ1) is 10.7. The van der Waals surface area contributed by atoms with Crippen molar-refractivity contribution in [1.82, 2.24) is 4.98 Å². The maximum absolute atomic E-state index is 10.7. The van der Waals surface area contributed by atoms with Crippen LogP contribution in [0.2, 0.25) is 0 Å². The molecule has 0 atom stereocenters. The molecule has 0 aliphatic carbocycles. The van der Waals surface area contributed by atoms with E-state index in [1.807, 2.05) is 19.1 Å². The van der Waals surface area contributed by atoms with E-state index in [4.69, 9.17) is 14.6 Å². The zero-order chi connectivity index (χ0) is 15.8. The van der Waals surface area contributed by atoms with Crippen LogP contribution in [0.4, 0.5) is 0 Å². The molecule has 1 N–H and O–H groups in total. The molecule has 0 bridgehead atoms. The molecule has 2 rings (SSSR count). The van der Waals surface area contributed by atoms with Gasteiger partial charge in [-0.05, 0) is 48.9 Å². The Bertz CT molecular complexity index is 653. The first-order valence-corrected chi connectivity index (χ1v) is 6.88. The Morgan fingerprint density at radius 1 is 1.23 bits per heavy atom. The van der Waals surface area contributed by atoms with E-state index in [1.165, 1.54) is 6.08 Å². The fourth-order valence-corrected chi connectivity index (χ4v) is 1.85. The smallest absolute Gasteiger partial charge is 0.328 e. The number of aromatic nitrogens is 1. The fourth-order valence-electron chi connectivity index (χ4n) is 1.85. The number of carboxylic acid groups (broad SMARTS) is 1. The number of rotatable bonds is 7. The highest BCUT2D eigenvalue weighted by atomic mass is 16.5. The molecule has 0 fully saturated rings. The van der Waals surface area contributed by atoms with Gasteiger partial charge in [0.15, 0.2) is 0 Å². The largest absolute Gasteiger partial charge is 0.494 e. The van der Waals surface area contributed by atoms with Crippen LogP contribution in [0.5, 0.6) is 11.5 Å². The van der Waals surface area contributed by atoms with E-state index in [2.05, 4.69) is 4.98 Å². The highest BCUT2D eigenvalue weighted by Crippen LogP contribution is 2.26. The van der Waals surface area contributed by atoms with Gasteiger partial charge in [-0.15, -0.1) is 0 Å². The zero-order valence-electron chi connectivity index (χ0n) is 12.2. The first kappa shape index (κ1) is 15.6. The second-order valence-corrected chi connectivity index (χ2v) is 4.45. The van der Waals surface area contributed by atoms with Crippen LogP contribution in [-0.2, 0) is 11.4 Å². The fraction of sp³-hybridized carbons (Fsp3) is 0.176. The summed E-state index contributed by atoms with van der Waals surface area (Å²) in [5.74, 6) is 0.253. The van der Waals surface area contributed by atoms with Crippen molar-refractivity contribution < 1.29 is 19.4 Å². The summed E-state index contributed by atoms with van der Waals surface area (Å²) in [5, 5.41) is 8.78. The lowest BCUT2D eigenvalue weighted by Gasteiger charge is -2.11. The number of benzene rings is 1. The molecular weight excluding hydrogens is 282 g/mol. The lowest BCUT2D eigenvalue weighted by Crippen LogP contribution is -1.98.